The zero-order chi connectivity index (χ0) is 14.7. The molecular weight excluding hydrogens is 244 g/mol. The van der Waals surface area contributed by atoms with E-state index in [0.717, 1.165) is 24.0 Å². The Bertz CT molecular complexity index is 583. The predicted molar refractivity (Wildman–Crippen MR) is 84.5 cm³/mol. The van der Waals surface area contributed by atoms with Crippen LogP contribution in [0, 0.1) is 13.8 Å². The zero-order valence-corrected chi connectivity index (χ0v) is 12.8. The van der Waals surface area contributed by atoms with Crippen molar-refractivity contribution < 1.29 is 4.79 Å². The van der Waals surface area contributed by atoms with Crippen LogP contribution in [-0.4, -0.2) is 5.78 Å². The molecule has 1 nitrogen and oxygen atoms in total. The van der Waals surface area contributed by atoms with E-state index >= 15 is 0 Å². The highest BCUT2D eigenvalue weighted by molar-refractivity contribution is 6.09. The first-order valence-corrected chi connectivity index (χ1v) is 7.30. The third kappa shape index (κ3) is 2.82. The Morgan fingerprint density at radius 2 is 1.20 bits per heavy atom. The number of benzene rings is 2. The van der Waals surface area contributed by atoms with Crippen LogP contribution in [-0.2, 0) is 12.8 Å². The topological polar surface area (TPSA) is 17.1 Å². The number of aryl methyl sites for hydroxylation is 4. The van der Waals surface area contributed by atoms with Gasteiger partial charge in [-0.25, -0.2) is 0 Å². The monoisotopic (exact) mass is 266 g/mol. The lowest BCUT2D eigenvalue weighted by molar-refractivity contribution is 0.103. The van der Waals surface area contributed by atoms with Gasteiger partial charge in [0.2, 0.25) is 0 Å². The molecule has 20 heavy (non-hydrogen) atoms. The summed E-state index contributed by atoms with van der Waals surface area (Å²) >= 11 is 0. The van der Waals surface area contributed by atoms with Gasteiger partial charge >= 0.3 is 0 Å². The summed E-state index contributed by atoms with van der Waals surface area (Å²) in [4.78, 5) is 12.6. The molecule has 2 rings (SSSR count). The van der Waals surface area contributed by atoms with Crippen molar-refractivity contribution in [3.05, 3.63) is 69.8 Å². The molecule has 0 aliphatic carbocycles. The van der Waals surface area contributed by atoms with Crippen molar-refractivity contribution in [3.63, 3.8) is 0 Å². The van der Waals surface area contributed by atoms with Crippen LogP contribution in [0.1, 0.15) is 52.0 Å². The van der Waals surface area contributed by atoms with Crippen LogP contribution in [0.15, 0.2) is 36.4 Å². The van der Waals surface area contributed by atoms with Gasteiger partial charge in [0.25, 0.3) is 0 Å². The summed E-state index contributed by atoms with van der Waals surface area (Å²) in [6, 6.07) is 12.0. The van der Waals surface area contributed by atoms with Gasteiger partial charge in [-0.3, -0.25) is 4.79 Å². The number of hydrogen-bond acceptors (Lipinski definition) is 1. The largest absolute Gasteiger partial charge is 0.289 e. The average molecular weight is 266 g/mol. The summed E-state index contributed by atoms with van der Waals surface area (Å²) in [7, 11) is 0. The number of ketones is 1. The molecular formula is C19H22O. The Morgan fingerprint density at radius 3 is 1.55 bits per heavy atom. The Hall–Kier alpha value is -1.89. The SMILES string of the molecule is CCc1cc(C(=O)c2ccc(C)c(CC)c2)ccc1C. The second-order valence-corrected chi connectivity index (χ2v) is 5.32. The third-order valence-electron chi connectivity index (χ3n) is 3.98. The van der Waals surface area contributed by atoms with E-state index in [-0.39, 0.29) is 5.78 Å². The molecule has 0 aliphatic rings. The molecule has 2 aromatic carbocycles. The van der Waals surface area contributed by atoms with Crippen molar-refractivity contribution in [2.75, 3.05) is 0 Å². The van der Waals surface area contributed by atoms with Crippen molar-refractivity contribution in [1.29, 1.82) is 0 Å². The van der Waals surface area contributed by atoms with Gasteiger partial charge < -0.3 is 0 Å². The van der Waals surface area contributed by atoms with Gasteiger partial charge in [-0.2, -0.15) is 0 Å². The molecule has 104 valence electrons. The maximum absolute atomic E-state index is 12.6. The Balaban J connectivity index is 2.41. The van der Waals surface area contributed by atoms with Crippen LogP contribution in [0.3, 0.4) is 0 Å². The summed E-state index contributed by atoms with van der Waals surface area (Å²) in [5.74, 6) is 0.120. The molecule has 0 N–H and O–H groups in total. The minimum Gasteiger partial charge on any atom is -0.289 e. The average Bonchev–Trinajstić information content (AvgIpc) is 2.47. The number of carbonyl (C=O) groups is 1. The van der Waals surface area contributed by atoms with E-state index in [1.807, 2.05) is 36.4 Å². The van der Waals surface area contributed by atoms with Gasteiger partial charge in [0, 0.05) is 11.1 Å². The molecule has 0 radical (unpaired) electrons. The first-order valence-electron chi connectivity index (χ1n) is 7.30. The van der Waals surface area contributed by atoms with E-state index in [2.05, 4.69) is 27.7 Å². The molecule has 0 saturated carbocycles. The van der Waals surface area contributed by atoms with Crippen LogP contribution in [0.2, 0.25) is 0 Å². The number of carbonyl (C=O) groups excluding carboxylic acids is 1. The van der Waals surface area contributed by atoms with Crippen LogP contribution < -0.4 is 0 Å². The van der Waals surface area contributed by atoms with E-state index in [0.29, 0.717) is 0 Å². The van der Waals surface area contributed by atoms with Crippen LogP contribution in [0.4, 0.5) is 0 Å². The Labute approximate surface area is 121 Å². The summed E-state index contributed by atoms with van der Waals surface area (Å²) < 4.78 is 0. The van der Waals surface area contributed by atoms with Gasteiger partial charge in [-0.1, -0.05) is 38.1 Å². The zero-order valence-electron chi connectivity index (χ0n) is 12.8. The molecule has 0 atom stereocenters. The maximum Gasteiger partial charge on any atom is 0.193 e. The smallest absolute Gasteiger partial charge is 0.193 e. The van der Waals surface area contributed by atoms with Crippen LogP contribution in [0.25, 0.3) is 0 Å². The third-order valence-corrected chi connectivity index (χ3v) is 3.98. The fourth-order valence-corrected chi connectivity index (χ4v) is 2.55. The first kappa shape index (κ1) is 14.5. The lowest BCUT2D eigenvalue weighted by Gasteiger charge is -2.09. The number of rotatable bonds is 4. The molecule has 0 amide bonds. The van der Waals surface area contributed by atoms with Gasteiger partial charge in [0.05, 0.1) is 0 Å². The van der Waals surface area contributed by atoms with Crippen molar-refractivity contribution in [1.82, 2.24) is 0 Å². The second kappa shape index (κ2) is 6.04. The fraction of sp³-hybridized carbons (Fsp3) is 0.316. The first-order chi connectivity index (χ1) is 9.56. The molecule has 1 heteroatoms. The van der Waals surface area contributed by atoms with Gasteiger partial charge in [0.1, 0.15) is 0 Å². The molecule has 0 spiro atoms. The van der Waals surface area contributed by atoms with Crippen LogP contribution in [0.5, 0.6) is 0 Å². The highest BCUT2D eigenvalue weighted by Gasteiger charge is 2.11. The Kier molecular flexibility index (Phi) is 4.39. The lowest BCUT2D eigenvalue weighted by Crippen LogP contribution is -2.04. The highest BCUT2D eigenvalue weighted by Crippen LogP contribution is 2.18. The van der Waals surface area contributed by atoms with Crippen molar-refractivity contribution in [2.45, 2.75) is 40.5 Å². The summed E-state index contributed by atoms with van der Waals surface area (Å²) in [6.07, 6.45) is 1.92. The molecule has 0 bridgehead atoms. The van der Waals surface area contributed by atoms with E-state index in [1.165, 1.54) is 22.3 Å². The summed E-state index contributed by atoms with van der Waals surface area (Å²) in [5.41, 5.74) is 6.58. The normalized spacial score (nSPS) is 10.6. The molecule has 0 aromatic heterocycles. The maximum atomic E-state index is 12.6. The molecule has 2 aromatic rings. The van der Waals surface area contributed by atoms with Crippen molar-refractivity contribution in [3.8, 4) is 0 Å². The molecule has 0 saturated heterocycles. The minimum absolute atomic E-state index is 0.120. The van der Waals surface area contributed by atoms with E-state index in [4.69, 9.17) is 0 Å². The molecule has 0 heterocycles. The van der Waals surface area contributed by atoms with Crippen molar-refractivity contribution in [2.24, 2.45) is 0 Å². The highest BCUT2D eigenvalue weighted by atomic mass is 16.1. The van der Waals surface area contributed by atoms with E-state index < -0.39 is 0 Å². The van der Waals surface area contributed by atoms with Gasteiger partial charge in [-0.15, -0.1) is 0 Å². The summed E-state index contributed by atoms with van der Waals surface area (Å²) in [5, 5.41) is 0. The van der Waals surface area contributed by atoms with E-state index in [1.54, 1.807) is 0 Å². The summed E-state index contributed by atoms with van der Waals surface area (Å²) in [6.45, 7) is 8.43. The second-order valence-electron chi connectivity index (χ2n) is 5.32. The molecule has 0 aliphatic heterocycles. The van der Waals surface area contributed by atoms with E-state index in [9.17, 15) is 4.79 Å². The molecule has 0 fully saturated rings. The van der Waals surface area contributed by atoms with Gasteiger partial charge in [0.15, 0.2) is 5.78 Å². The minimum atomic E-state index is 0.120. The van der Waals surface area contributed by atoms with Gasteiger partial charge in [-0.05, 0) is 61.1 Å². The Morgan fingerprint density at radius 1 is 0.800 bits per heavy atom. The predicted octanol–water partition coefficient (Wildman–Crippen LogP) is 4.66. The van der Waals surface area contributed by atoms with Crippen LogP contribution >= 0.6 is 0 Å². The standard InChI is InChI=1S/C19H22O/c1-5-15-11-17(9-7-13(15)3)19(20)18-10-8-14(4)16(6-2)12-18/h7-12H,5-6H2,1-4H3. The fourth-order valence-electron chi connectivity index (χ4n) is 2.55. The van der Waals surface area contributed by atoms with Crippen molar-refractivity contribution >= 4 is 5.78 Å². The number of hydrogen-bond donors (Lipinski definition) is 0. The molecule has 0 unspecified atom stereocenters. The quantitative estimate of drug-likeness (QED) is 0.736. The lowest BCUT2D eigenvalue weighted by atomic mass is 9.95.